The molecule has 0 radical (unpaired) electrons. The maximum Gasteiger partial charge on any atom is 0.150 e. The van der Waals surface area contributed by atoms with E-state index in [4.69, 9.17) is 0 Å². The Hall–Kier alpha value is -1.39. The van der Waals surface area contributed by atoms with Crippen molar-refractivity contribution in [3.05, 3.63) is 47.0 Å². The Morgan fingerprint density at radius 2 is 1.86 bits per heavy atom. The lowest BCUT2D eigenvalue weighted by Crippen LogP contribution is -2.14. The number of benzene rings is 2. The van der Waals surface area contributed by atoms with Crippen LogP contribution in [0.15, 0.2) is 30.3 Å². The summed E-state index contributed by atoms with van der Waals surface area (Å²) < 4.78 is 23.3. The number of hydrogen-bond donors (Lipinski definition) is 1. The molecule has 2 aromatic rings. The highest BCUT2D eigenvalue weighted by molar-refractivity contribution is 7.91. The van der Waals surface area contributed by atoms with Crippen LogP contribution >= 0.6 is 0 Å². The van der Waals surface area contributed by atoms with Crippen molar-refractivity contribution in [3.63, 3.8) is 0 Å². The quantitative estimate of drug-likeness (QED) is 0.927. The maximum atomic E-state index is 11.6. The minimum Gasteiger partial charge on any atom is -0.388 e. The predicted molar refractivity (Wildman–Crippen MR) is 83.1 cm³/mol. The van der Waals surface area contributed by atoms with Gasteiger partial charge in [-0.15, -0.1) is 0 Å². The SMILES string of the molecule is O=S1(=O)CCC(C(O)c2ccc3c4c(cccc24)CC3)C1. The Morgan fingerprint density at radius 1 is 1.10 bits per heavy atom. The lowest BCUT2D eigenvalue weighted by atomic mass is 9.90. The fourth-order valence-electron chi connectivity index (χ4n) is 3.85. The molecule has 2 aliphatic rings. The molecular formula is C17H18O3S. The third-order valence-corrected chi connectivity index (χ3v) is 6.74. The molecule has 2 aromatic carbocycles. The molecular weight excluding hydrogens is 284 g/mol. The lowest BCUT2D eigenvalue weighted by molar-refractivity contribution is 0.122. The number of hydrogen-bond acceptors (Lipinski definition) is 3. The van der Waals surface area contributed by atoms with E-state index in [1.807, 2.05) is 12.1 Å². The summed E-state index contributed by atoms with van der Waals surface area (Å²) in [4.78, 5) is 0. The first kappa shape index (κ1) is 13.3. The monoisotopic (exact) mass is 302 g/mol. The van der Waals surface area contributed by atoms with Crippen LogP contribution in [0, 0.1) is 5.92 Å². The second-order valence-corrected chi connectivity index (χ2v) is 8.49. The molecule has 0 amide bonds. The van der Waals surface area contributed by atoms with Crippen molar-refractivity contribution in [1.82, 2.24) is 0 Å². The second kappa shape index (κ2) is 4.55. The summed E-state index contributed by atoms with van der Waals surface area (Å²) in [6.45, 7) is 0. The fourth-order valence-corrected chi connectivity index (χ4v) is 5.68. The zero-order chi connectivity index (χ0) is 14.6. The molecule has 1 aliphatic carbocycles. The van der Waals surface area contributed by atoms with E-state index >= 15 is 0 Å². The molecule has 1 N–H and O–H groups in total. The van der Waals surface area contributed by atoms with Gasteiger partial charge in [0.2, 0.25) is 0 Å². The zero-order valence-corrected chi connectivity index (χ0v) is 12.6. The number of aliphatic hydroxyl groups excluding tert-OH is 1. The van der Waals surface area contributed by atoms with Gasteiger partial charge in [-0.25, -0.2) is 8.42 Å². The topological polar surface area (TPSA) is 54.4 Å². The predicted octanol–water partition coefficient (Wildman–Crippen LogP) is 2.41. The van der Waals surface area contributed by atoms with Crippen LogP contribution in [-0.4, -0.2) is 25.0 Å². The van der Waals surface area contributed by atoms with E-state index < -0.39 is 15.9 Å². The largest absolute Gasteiger partial charge is 0.388 e. The Morgan fingerprint density at radius 3 is 2.57 bits per heavy atom. The van der Waals surface area contributed by atoms with Crippen LogP contribution in [0.2, 0.25) is 0 Å². The molecule has 0 bridgehead atoms. The Kier molecular flexibility index (Phi) is 2.88. The van der Waals surface area contributed by atoms with Crippen LogP contribution in [0.1, 0.15) is 29.2 Å². The minimum atomic E-state index is -2.97. The molecule has 0 saturated carbocycles. The number of aliphatic hydroxyl groups is 1. The molecule has 2 unspecified atom stereocenters. The zero-order valence-electron chi connectivity index (χ0n) is 11.7. The molecule has 1 fully saturated rings. The Labute approximate surface area is 124 Å². The summed E-state index contributed by atoms with van der Waals surface area (Å²) >= 11 is 0. The molecule has 0 spiro atoms. The molecule has 4 heteroatoms. The van der Waals surface area contributed by atoms with Gasteiger partial charge in [0.1, 0.15) is 0 Å². The smallest absolute Gasteiger partial charge is 0.150 e. The number of sulfone groups is 1. The van der Waals surface area contributed by atoms with Crippen molar-refractivity contribution in [2.24, 2.45) is 5.92 Å². The van der Waals surface area contributed by atoms with E-state index in [1.54, 1.807) is 0 Å². The van der Waals surface area contributed by atoms with Crippen LogP contribution in [0.4, 0.5) is 0 Å². The summed E-state index contributed by atoms with van der Waals surface area (Å²) in [6.07, 6.45) is 1.99. The van der Waals surface area contributed by atoms with E-state index in [0.717, 1.165) is 23.8 Å². The average Bonchev–Trinajstić information content (AvgIpc) is 3.04. The minimum absolute atomic E-state index is 0.108. The first-order chi connectivity index (χ1) is 10.1. The van der Waals surface area contributed by atoms with Gasteiger partial charge < -0.3 is 5.11 Å². The summed E-state index contributed by atoms with van der Waals surface area (Å²) in [5, 5.41) is 13.1. The van der Waals surface area contributed by atoms with Crippen molar-refractivity contribution in [1.29, 1.82) is 0 Å². The van der Waals surface area contributed by atoms with Crippen LogP contribution in [0.25, 0.3) is 10.8 Å². The Balaban J connectivity index is 1.81. The van der Waals surface area contributed by atoms with Crippen molar-refractivity contribution >= 4 is 20.6 Å². The van der Waals surface area contributed by atoms with Crippen LogP contribution in [0.5, 0.6) is 0 Å². The summed E-state index contributed by atoms with van der Waals surface area (Å²) in [6, 6.07) is 10.3. The van der Waals surface area contributed by atoms with Crippen molar-refractivity contribution < 1.29 is 13.5 Å². The summed E-state index contributed by atoms with van der Waals surface area (Å²) in [7, 11) is -2.97. The number of rotatable bonds is 2. The molecule has 2 atom stereocenters. The van der Waals surface area contributed by atoms with Crippen LogP contribution in [-0.2, 0) is 22.7 Å². The average molecular weight is 302 g/mol. The van der Waals surface area contributed by atoms with Gasteiger partial charge in [0, 0.05) is 5.92 Å². The van der Waals surface area contributed by atoms with Gasteiger partial charge in [-0.05, 0) is 46.7 Å². The maximum absolute atomic E-state index is 11.6. The highest BCUT2D eigenvalue weighted by Gasteiger charge is 2.34. The molecule has 4 rings (SSSR count). The summed E-state index contributed by atoms with van der Waals surface area (Å²) in [5.74, 6) is 0.140. The second-order valence-electron chi connectivity index (χ2n) is 6.26. The van der Waals surface area contributed by atoms with Gasteiger partial charge in [0.05, 0.1) is 17.6 Å². The number of aryl methyl sites for hydroxylation is 2. The van der Waals surface area contributed by atoms with Gasteiger partial charge in [-0.3, -0.25) is 0 Å². The van der Waals surface area contributed by atoms with Crippen molar-refractivity contribution in [2.75, 3.05) is 11.5 Å². The van der Waals surface area contributed by atoms with E-state index in [9.17, 15) is 13.5 Å². The van der Waals surface area contributed by atoms with E-state index in [0.29, 0.717) is 6.42 Å². The van der Waals surface area contributed by atoms with Crippen molar-refractivity contribution in [2.45, 2.75) is 25.4 Å². The fraction of sp³-hybridized carbons (Fsp3) is 0.412. The Bertz CT molecular complexity index is 813. The lowest BCUT2D eigenvalue weighted by Gasteiger charge is -2.19. The highest BCUT2D eigenvalue weighted by Crippen LogP contribution is 2.39. The molecule has 0 aromatic heterocycles. The molecule has 3 nitrogen and oxygen atoms in total. The van der Waals surface area contributed by atoms with Crippen LogP contribution < -0.4 is 0 Å². The van der Waals surface area contributed by atoms with Gasteiger partial charge in [-0.1, -0.05) is 30.3 Å². The van der Waals surface area contributed by atoms with E-state index in [2.05, 4.69) is 18.2 Å². The normalized spacial score (nSPS) is 24.5. The third-order valence-electron chi connectivity index (χ3n) is 4.94. The molecule has 1 heterocycles. The first-order valence-corrected chi connectivity index (χ1v) is 9.29. The molecule has 1 aliphatic heterocycles. The van der Waals surface area contributed by atoms with Gasteiger partial charge in [0.25, 0.3) is 0 Å². The van der Waals surface area contributed by atoms with Gasteiger partial charge >= 0.3 is 0 Å². The van der Waals surface area contributed by atoms with E-state index in [1.165, 1.54) is 16.5 Å². The van der Waals surface area contributed by atoms with Gasteiger partial charge in [-0.2, -0.15) is 0 Å². The van der Waals surface area contributed by atoms with Gasteiger partial charge in [0.15, 0.2) is 9.84 Å². The highest BCUT2D eigenvalue weighted by atomic mass is 32.2. The standard InChI is InChI=1S/C17H18O3S/c18-17(13-8-9-21(19,20)10-13)15-7-6-12-5-4-11-2-1-3-14(15)16(11)12/h1-3,6-7,13,17-18H,4-5,8-10H2. The molecule has 21 heavy (non-hydrogen) atoms. The van der Waals surface area contributed by atoms with E-state index in [-0.39, 0.29) is 17.4 Å². The third kappa shape index (κ3) is 2.09. The van der Waals surface area contributed by atoms with Crippen molar-refractivity contribution in [3.8, 4) is 0 Å². The first-order valence-electron chi connectivity index (χ1n) is 7.47. The molecule has 110 valence electrons. The summed E-state index contributed by atoms with van der Waals surface area (Å²) in [5.41, 5.74) is 3.57. The van der Waals surface area contributed by atoms with Crippen LogP contribution in [0.3, 0.4) is 0 Å². The molecule has 1 saturated heterocycles.